The van der Waals surface area contributed by atoms with Gasteiger partial charge in [0.2, 0.25) is 0 Å². The van der Waals surface area contributed by atoms with Crippen molar-refractivity contribution in [3.8, 4) is 0 Å². The summed E-state index contributed by atoms with van der Waals surface area (Å²) >= 11 is 0. The van der Waals surface area contributed by atoms with Gasteiger partial charge in [0.1, 0.15) is 11.4 Å². The van der Waals surface area contributed by atoms with E-state index in [4.69, 9.17) is 5.73 Å². The zero-order valence-electron chi connectivity index (χ0n) is 7.67. The maximum absolute atomic E-state index is 12.6. The average molecular weight is 204 g/mol. The number of rotatable bonds is 3. The third-order valence-electron chi connectivity index (χ3n) is 2.18. The van der Waals surface area contributed by atoms with Gasteiger partial charge in [0, 0.05) is 0 Å². The Morgan fingerprint density at radius 2 is 2.14 bits per heavy atom. The lowest BCUT2D eigenvalue weighted by molar-refractivity contribution is 0.0469. The van der Waals surface area contributed by atoms with Gasteiger partial charge in [-0.2, -0.15) is 0 Å². The van der Waals surface area contributed by atoms with Gasteiger partial charge in [-0.15, -0.1) is 0 Å². The normalized spacial score (nSPS) is 15.6. The van der Waals surface area contributed by atoms with Gasteiger partial charge in [0.25, 0.3) is 6.43 Å². The molecule has 1 rings (SSSR count). The van der Waals surface area contributed by atoms with E-state index in [1.807, 2.05) is 0 Å². The molecular weight excluding hydrogens is 193 g/mol. The molecule has 5 heteroatoms. The van der Waals surface area contributed by atoms with Crippen molar-refractivity contribution in [3.63, 3.8) is 0 Å². The molecule has 1 aromatic rings. The number of alkyl halides is 2. The number of pyridine rings is 1. The van der Waals surface area contributed by atoms with Crippen molar-refractivity contribution in [3.05, 3.63) is 29.8 Å². The molecule has 0 saturated carbocycles. The van der Waals surface area contributed by atoms with Crippen molar-refractivity contribution in [2.75, 3.05) is 0 Å². The Bertz CT molecular complexity index is 299. The van der Waals surface area contributed by atoms with Crippen LogP contribution in [0.25, 0.3) is 0 Å². The monoisotopic (exact) mass is 204 g/mol. The Hall–Kier alpha value is -1.10. The van der Waals surface area contributed by atoms with Crippen LogP contribution < -0.4 is 5.73 Å². The van der Waals surface area contributed by atoms with Gasteiger partial charge in [0.05, 0.1) is 11.9 Å². The molecule has 78 valence electrons. The summed E-state index contributed by atoms with van der Waals surface area (Å²) in [5.74, 6) is -0.568. The third kappa shape index (κ3) is 1.87. The van der Waals surface area contributed by atoms with E-state index in [-0.39, 0.29) is 12.1 Å². The fourth-order valence-corrected chi connectivity index (χ4v) is 1.10. The molecule has 0 radical (unpaired) electrons. The van der Waals surface area contributed by atoms with Crippen LogP contribution in [0.1, 0.15) is 19.0 Å². The Morgan fingerprint density at radius 1 is 1.50 bits per heavy atom. The predicted molar refractivity (Wildman–Crippen MR) is 46.4 cm³/mol. The van der Waals surface area contributed by atoms with Crippen LogP contribution in [-0.2, 0) is 5.54 Å². The molecule has 0 aromatic carbocycles. The van der Waals surface area contributed by atoms with Crippen molar-refractivity contribution in [1.82, 2.24) is 4.98 Å². The van der Waals surface area contributed by atoms with Crippen LogP contribution >= 0.6 is 0 Å². The van der Waals surface area contributed by atoms with E-state index in [9.17, 15) is 13.2 Å². The Morgan fingerprint density at radius 3 is 2.50 bits per heavy atom. The molecule has 2 nitrogen and oxygen atoms in total. The van der Waals surface area contributed by atoms with Crippen molar-refractivity contribution >= 4 is 0 Å². The molecule has 0 aliphatic heterocycles. The molecule has 0 fully saturated rings. The van der Waals surface area contributed by atoms with Gasteiger partial charge in [-0.25, -0.2) is 13.2 Å². The van der Waals surface area contributed by atoms with Gasteiger partial charge in [-0.1, -0.05) is 6.92 Å². The van der Waals surface area contributed by atoms with Crippen molar-refractivity contribution in [1.29, 1.82) is 0 Å². The standard InChI is InChI=1S/C9H11F3N2/c1-2-9(13,8(11)12)7-4-3-6(10)5-14-7/h3-5,8H,2,13H2,1H3. The zero-order valence-corrected chi connectivity index (χ0v) is 7.67. The van der Waals surface area contributed by atoms with Crippen molar-refractivity contribution < 1.29 is 13.2 Å². The van der Waals surface area contributed by atoms with Gasteiger partial charge in [-0.3, -0.25) is 4.98 Å². The topological polar surface area (TPSA) is 38.9 Å². The number of nitrogens with zero attached hydrogens (tertiary/aromatic N) is 1. The van der Waals surface area contributed by atoms with Crippen LogP contribution in [0.3, 0.4) is 0 Å². The minimum atomic E-state index is -2.72. The highest BCUT2D eigenvalue weighted by atomic mass is 19.3. The van der Waals surface area contributed by atoms with Crippen molar-refractivity contribution in [2.45, 2.75) is 25.3 Å². The van der Waals surface area contributed by atoms with Gasteiger partial charge < -0.3 is 5.73 Å². The first-order chi connectivity index (χ1) is 6.50. The lowest BCUT2D eigenvalue weighted by Crippen LogP contribution is -2.44. The highest BCUT2D eigenvalue weighted by Crippen LogP contribution is 2.27. The van der Waals surface area contributed by atoms with E-state index in [0.717, 1.165) is 12.3 Å². The average Bonchev–Trinajstić information content (AvgIpc) is 2.17. The summed E-state index contributed by atoms with van der Waals surface area (Å²) in [7, 11) is 0. The molecule has 0 saturated heterocycles. The zero-order chi connectivity index (χ0) is 10.8. The lowest BCUT2D eigenvalue weighted by Gasteiger charge is -2.26. The van der Waals surface area contributed by atoms with Gasteiger partial charge in [-0.05, 0) is 18.6 Å². The largest absolute Gasteiger partial charge is 0.315 e. The van der Waals surface area contributed by atoms with Gasteiger partial charge in [0.15, 0.2) is 0 Å². The Labute approximate surface area is 79.9 Å². The summed E-state index contributed by atoms with van der Waals surface area (Å²) in [5.41, 5.74) is 3.70. The Kier molecular flexibility index (Phi) is 3.10. The van der Waals surface area contributed by atoms with Crippen LogP contribution in [0.15, 0.2) is 18.3 Å². The second-order valence-electron chi connectivity index (χ2n) is 3.06. The van der Waals surface area contributed by atoms with Gasteiger partial charge >= 0.3 is 0 Å². The van der Waals surface area contributed by atoms with Crippen LogP contribution in [0, 0.1) is 5.82 Å². The summed E-state index contributed by atoms with van der Waals surface area (Å²) in [6.07, 6.45) is -1.79. The number of nitrogens with two attached hydrogens (primary N) is 1. The van der Waals surface area contributed by atoms with E-state index < -0.39 is 17.8 Å². The smallest absolute Gasteiger partial charge is 0.261 e. The highest BCUT2D eigenvalue weighted by molar-refractivity contribution is 5.16. The molecular formula is C9H11F3N2. The number of halogens is 3. The summed E-state index contributed by atoms with van der Waals surface area (Å²) < 4.78 is 37.7. The van der Waals surface area contributed by atoms with E-state index in [1.165, 1.54) is 13.0 Å². The van der Waals surface area contributed by atoms with Crippen LogP contribution in [0.2, 0.25) is 0 Å². The highest BCUT2D eigenvalue weighted by Gasteiger charge is 2.37. The fraction of sp³-hybridized carbons (Fsp3) is 0.444. The van der Waals surface area contributed by atoms with E-state index in [2.05, 4.69) is 4.98 Å². The molecule has 1 aromatic heterocycles. The second kappa shape index (κ2) is 3.96. The first-order valence-electron chi connectivity index (χ1n) is 4.19. The number of hydrogen-bond donors (Lipinski definition) is 1. The first kappa shape index (κ1) is 11.0. The van der Waals surface area contributed by atoms with E-state index in [0.29, 0.717) is 0 Å². The maximum atomic E-state index is 12.6. The second-order valence-corrected chi connectivity index (χ2v) is 3.06. The number of hydrogen-bond acceptors (Lipinski definition) is 2. The minimum Gasteiger partial charge on any atom is -0.315 e. The molecule has 1 unspecified atom stereocenters. The summed E-state index contributed by atoms with van der Waals surface area (Å²) in [4.78, 5) is 3.56. The van der Waals surface area contributed by atoms with E-state index >= 15 is 0 Å². The predicted octanol–water partition coefficient (Wildman–Crippen LogP) is 2.05. The van der Waals surface area contributed by atoms with Crippen LogP contribution in [-0.4, -0.2) is 11.4 Å². The summed E-state index contributed by atoms with van der Waals surface area (Å²) in [5, 5.41) is 0. The molecule has 1 heterocycles. The lowest BCUT2D eigenvalue weighted by atomic mass is 9.93. The first-order valence-corrected chi connectivity index (χ1v) is 4.19. The summed E-state index contributed by atoms with van der Waals surface area (Å²) in [6, 6.07) is 2.26. The summed E-state index contributed by atoms with van der Waals surface area (Å²) in [6.45, 7) is 1.54. The quantitative estimate of drug-likeness (QED) is 0.818. The van der Waals surface area contributed by atoms with Crippen molar-refractivity contribution in [2.24, 2.45) is 5.73 Å². The van der Waals surface area contributed by atoms with E-state index in [1.54, 1.807) is 0 Å². The SMILES string of the molecule is CCC(N)(c1ccc(F)cn1)C(F)F. The maximum Gasteiger partial charge on any atom is 0.261 e. The Balaban J connectivity index is 3.06. The molecule has 0 amide bonds. The molecule has 0 spiro atoms. The van der Waals surface area contributed by atoms with Crippen LogP contribution in [0.5, 0.6) is 0 Å². The van der Waals surface area contributed by atoms with Crippen LogP contribution in [0.4, 0.5) is 13.2 Å². The molecule has 2 N–H and O–H groups in total. The molecule has 0 bridgehead atoms. The number of aromatic nitrogens is 1. The molecule has 0 aliphatic rings. The molecule has 14 heavy (non-hydrogen) atoms. The minimum absolute atomic E-state index is 0.0106. The third-order valence-corrected chi connectivity index (χ3v) is 2.18. The molecule has 0 aliphatic carbocycles. The molecule has 1 atom stereocenters. The fourth-order valence-electron chi connectivity index (χ4n) is 1.10.